The number of amides is 2. The lowest BCUT2D eigenvalue weighted by Crippen LogP contribution is -2.62. The third-order valence-electron chi connectivity index (χ3n) is 3.19. The maximum Gasteiger partial charge on any atom is 0.239 e. The van der Waals surface area contributed by atoms with Gasteiger partial charge < -0.3 is 21.7 Å². The van der Waals surface area contributed by atoms with Crippen molar-refractivity contribution >= 4 is 11.8 Å². The van der Waals surface area contributed by atoms with Crippen molar-refractivity contribution in [2.24, 2.45) is 5.73 Å². The van der Waals surface area contributed by atoms with Crippen LogP contribution in [0.25, 0.3) is 0 Å². The topological polar surface area (TPSA) is 96.2 Å². The van der Waals surface area contributed by atoms with E-state index in [2.05, 4.69) is 43.6 Å². The molecule has 1 rings (SSSR count). The van der Waals surface area contributed by atoms with Crippen LogP contribution in [0, 0.1) is 0 Å². The molecule has 1 aliphatic rings. The van der Waals surface area contributed by atoms with Crippen LogP contribution in [-0.2, 0) is 9.59 Å². The fraction of sp³-hybridized carbons (Fsp3) is 0.846. The van der Waals surface area contributed by atoms with E-state index in [1.165, 1.54) is 0 Å². The molecular formula is C13H26N4O2. The molecule has 1 heterocycles. The van der Waals surface area contributed by atoms with Crippen LogP contribution in [0.3, 0.4) is 0 Å². The lowest BCUT2D eigenvalue weighted by molar-refractivity contribution is -0.126. The Balaban J connectivity index is 2.47. The summed E-state index contributed by atoms with van der Waals surface area (Å²) in [5.41, 5.74) is 5.13. The molecule has 0 aromatic heterocycles. The first kappa shape index (κ1) is 15.9. The summed E-state index contributed by atoms with van der Waals surface area (Å²) in [7, 11) is 0. The predicted molar refractivity (Wildman–Crippen MR) is 74.5 cm³/mol. The second-order valence-electron chi connectivity index (χ2n) is 6.55. The van der Waals surface area contributed by atoms with Crippen molar-refractivity contribution in [3.8, 4) is 0 Å². The van der Waals surface area contributed by atoms with E-state index in [9.17, 15) is 9.59 Å². The molecule has 0 atom stereocenters. The van der Waals surface area contributed by atoms with Crippen molar-refractivity contribution in [2.45, 2.75) is 57.7 Å². The fourth-order valence-corrected chi connectivity index (χ4v) is 2.95. The summed E-state index contributed by atoms with van der Waals surface area (Å²) < 4.78 is 0. The zero-order chi connectivity index (χ0) is 14.7. The molecule has 0 radical (unpaired) electrons. The minimum Gasteiger partial charge on any atom is -0.352 e. The van der Waals surface area contributed by atoms with Gasteiger partial charge in [0.15, 0.2) is 0 Å². The largest absolute Gasteiger partial charge is 0.352 e. The highest BCUT2D eigenvalue weighted by molar-refractivity contribution is 5.85. The smallest absolute Gasteiger partial charge is 0.239 e. The predicted octanol–water partition coefficient (Wildman–Crippen LogP) is -0.513. The maximum absolute atomic E-state index is 11.8. The Morgan fingerprint density at radius 1 is 1.16 bits per heavy atom. The molecule has 0 aliphatic carbocycles. The third kappa shape index (κ3) is 5.57. The molecule has 110 valence electrons. The Morgan fingerprint density at radius 2 is 1.68 bits per heavy atom. The molecular weight excluding hydrogens is 244 g/mol. The number of nitrogens with one attached hydrogen (secondary N) is 3. The van der Waals surface area contributed by atoms with Crippen LogP contribution < -0.4 is 21.7 Å². The van der Waals surface area contributed by atoms with Gasteiger partial charge in [0.25, 0.3) is 0 Å². The fourth-order valence-electron chi connectivity index (χ4n) is 2.95. The van der Waals surface area contributed by atoms with E-state index < -0.39 is 0 Å². The Hall–Kier alpha value is -1.14. The molecule has 1 aliphatic heterocycles. The standard InChI is InChI=1S/C13H26N4O2/c1-12(2)5-9(6-13(3,4)17-12)16-11(19)8-15-10(18)7-14/h9,17H,5-8,14H2,1-4H3,(H,15,18)(H,16,19). The van der Waals surface area contributed by atoms with Crippen molar-refractivity contribution in [3.63, 3.8) is 0 Å². The van der Waals surface area contributed by atoms with E-state index in [0.717, 1.165) is 12.8 Å². The lowest BCUT2D eigenvalue weighted by atomic mass is 9.79. The quantitative estimate of drug-likeness (QED) is 0.553. The van der Waals surface area contributed by atoms with Gasteiger partial charge in [0, 0.05) is 17.1 Å². The minimum atomic E-state index is -0.318. The summed E-state index contributed by atoms with van der Waals surface area (Å²) >= 11 is 0. The highest BCUT2D eigenvalue weighted by Gasteiger charge is 2.38. The number of rotatable bonds is 4. The zero-order valence-corrected chi connectivity index (χ0v) is 12.3. The lowest BCUT2D eigenvalue weighted by Gasteiger charge is -2.46. The first-order valence-corrected chi connectivity index (χ1v) is 6.69. The molecule has 0 aromatic rings. The molecule has 0 saturated carbocycles. The minimum absolute atomic E-state index is 0.0131. The summed E-state index contributed by atoms with van der Waals surface area (Å²) in [4.78, 5) is 22.8. The Morgan fingerprint density at radius 3 is 2.16 bits per heavy atom. The summed E-state index contributed by atoms with van der Waals surface area (Å²) in [5, 5.41) is 9.00. The number of carbonyl (C=O) groups excluding carboxylic acids is 2. The first-order valence-electron chi connectivity index (χ1n) is 6.69. The van der Waals surface area contributed by atoms with Gasteiger partial charge in [0.1, 0.15) is 0 Å². The van der Waals surface area contributed by atoms with E-state index >= 15 is 0 Å². The van der Waals surface area contributed by atoms with E-state index in [-0.39, 0.29) is 42.0 Å². The third-order valence-corrected chi connectivity index (χ3v) is 3.19. The SMILES string of the molecule is CC1(C)CC(NC(=O)CNC(=O)CN)CC(C)(C)N1. The molecule has 1 saturated heterocycles. The average molecular weight is 270 g/mol. The second kappa shape index (κ2) is 5.88. The van der Waals surface area contributed by atoms with E-state index in [1.54, 1.807) is 0 Å². The summed E-state index contributed by atoms with van der Waals surface area (Å²) in [6, 6.07) is 0.119. The average Bonchev–Trinajstić information content (AvgIpc) is 2.21. The number of hydrogen-bond acceptors (Lipinski definition) is 4. The monoisotopic (exact) mass is 270 g/mol. The molecule has 0 bridgehead atoms. The first-order chi connectivity index (χ1) is 8.63. The highest BCUT2D eigenvalue weighted by atomic mass is 16.2. The number of carbonyl (C=O) groups is 2. The van der Waals surface area contributed by atoms with Crippen molar-refractivity contribution in [3.05, 3.63) is 0 Å². The Labute approximate surface area is 114 Å². The second-order valence-corrected chi connectivity index (χ2v) is 6.55. The van der Waals surface area contributed by atoms with Crippen LogP contribution in [0.15, 0.2) is 0 Å². The van der Waals surface area contributed by atoms with Crippen LogP contribution >= 0.6 is 0 Å². The normalized spacial score (nSPS) is 21.7. The van der Waals surface area contributed by atoms with E-state index in [0.29, 0.717) is 0 Å². The molecule has 6 nitrogen and oxygen atoms in total. The van der Waals surface area contributed by atoms with Gasteiger partial charge in [-0.3, -0.25) is 9.59 Å². The molecule has 0 spiro atoms. The van der Waals surface area contributed by atoms with Gasteiger partial charge in [-0.2, -0.15) is 0 Å². The molecule has 0 unspecified atom stereocenters. The van der Waals surface area contributed by atoms with Gasteiger partial charge in [-0.1, -0.05) is 0 Å². The molecule has 0 aromatic carbocycles. The van der Waals surface area contributed by atoms with Gasteiger partial charge in [0.05, 0.1) is 13.1 Å². The summed E-state index contributed by atoms with van der Waals surface area (Å²) in [6.07, 6.45) is 1.74. The number of nitrogens with two attached hydrogens (primary N) is 1. The molecule has 1 fully saturated rings. The van der Waals surface area contributed by atoms with Gasteiger partial charge in [0.2, 0.25) is 11.8 Å². The number of piperidine rings is 1. The molecule has 19 heavy (non-hydrogen) atoms. The van der Waals surface area contributed by atoms with E-state index in [1.807, 2.05) is 0 Å². The number of hydrogen-bond donors (Lipinski definition) is 4. The molecule has 2 amide bonds. The van der Waals surface area contributed by atoms with Crippen LogP contribution in [0.2, 0.25) is 0 Å². The maximum atomic E-state index is 11.8. The van der Waals surface area contributed by atoms with Gasteiger partial charge >= 0.3 is 0 Å². The van der Waals surface area contributed by atoms with Gasteiger partial charge in [-0.25, -0.2) is 0 Å². The van der Waals surface area contributed by atoms with Crippen LogP contribution in [-0.4, -0.2) is 42.0 Å². The zero-order valence-electron chi connectivity index (χ0n) is 12.3. The molecule has 5 N–H and O–H groups in total. The van der Waals surface area contributed by atoms with Gasteiger partial charge in [-0.05, 0) is 40.5 Å². The van der Waals surface area contributed by atoms with Crippen LogP contribution in [0.1, 0.15) is 40.5 Å². The van der Waals surface area contributed by atoms with Crippen LogP contribution in [0.5, 0.6) is 0 Å². The van der Waals surface area contributed by atoms with Crippen LogP contribution in [0.4, 0.5) is 0 Å². The molecule has 6 heteroatoms. The Bertz CT molecular complexity index is 337. The summed E-state index contributed by atoms with van der Waals surface area (Å²) in [6.45, 7) is 8.40. The van der Waals surface area contributed by atoms with Crippen molar-refractivity contribution in [1.29, 1.82) is 0 Å². The van der Waals surface area contributed by atoms with E-state index in [4.69, 9.17) is 5.73 Å². The highest BCUT2D eigenvalue weighted by Crippen LogP contribution is 2.28. The summed E-state index contributed by atoms with van der Waals surface area (Å²) in [5.74, 6) is -0.485. The van der Waals surface area contributed by atoms with Crippen molar-refractivity contribution in [1.82, 2.24) is 16.0 Å². The van der Waals surface area contributed by atoms with Crippen molar-refractivity contribution in [2.75, 3.05) is 13.1 Å². The van der Waals surface area contributed by atoms with Gasteiger partial charge in [-0.15, -0.1) is 0 Å². The Kier molecular flexibility index (Phi) is 4.92. The van der Waals surface area contributed by atoms with Crippen molar-refractivity contribution < 1.29 is 9.59 Å².